The van der Waals surface area contributed by atoms with Crippen LogP contribution in [0.25, 0.3) is 11.1 Å². The van der Waals surface area contributed by atoms with E-state index in [-0.39, 0.29) is 13.2 Å². The van der Waals surface area contributed by atoms with Gasteiger partial charge in [-0.05, 0) is 49.2 Å². The SMILES string of the molecule is Cc1cc(Cl)ccc1OCC(=O)OCCCn1c(=O)oc2ccccc21. The smallest absolute Gasteiger partial charge is 0.419 e. The maximum atomic E-state index is 11.8. The lowest BCUT2D eigenvalue weighted by molar-refractivity contribution is -0.146. The third-order valence-electron chi connectivity index (χ3n) is 3.85. The zero-order chi connectivity index (χ0) is 18.5. The zero-order valence-corrected chi connectivity index (χ0v) is 15.0. The van der Waals surface area contributed by atoms with Crippen LogP contribution in [0.3, 0.4) is 0 Å². The average molecular weight is 376 g/mol. The third-order valence-corrected chi connectivity index (χ3v) is 4.08. The normalized spacial score (nSPS) is 10.8. The number of para-hydroxylation sites is 2. The summed E-state index contributed by atoms with van der Waals surface area (Å²) in [5.74, 6) is -0.300. The number of nitrogens with zero attached hydrogens (tertiary/aromatic N) is 1. The number of carbonyl (C=O) groups excluding carboxylic acids is 1. The fourth-order valence-corrected chi connectivity index (χ4v) is 2.81. The summed E-state index contributed by atoms with van der Waals surface area (Å²) in [6, 6.07) is 12.4. The van der Waals surface area contributed by atoms with E-state index in [0.29, 0.717) is 29.3 Å². The second-order valence-corrected chi connectivity index (χ2v) is 6.20. The van der Waals surface area contributed by atoms with Crippen molar-refractivity contribution in [3.63, 3.8) is 0 Å². The fraction of sp³-hybridized carbons (Fsp3) is 0.263. The molecule has 7 heteroatoms. The summed E-state index contributed by atoms with van der Waals surface area (Å²) in [6.07, 6.45) is 0.495. The Morgan fingerprint density at radius 3 is 2.85 bits per heavy atom. The molecule has 26 heavy (non-hydrogen) atoms. The Morgan fingerprint density at radius 2 is 2.04 bits per heavy atom. The molecule has 3 aromatic rings. The molecule has 0 aliphatic heterocycles. The molecule has 6 nitrogen and oxygen atoms in total. The van der Waals surface area contributed by atoms with Crippen LogP contribution in [0.4, 0.5) is 0 Å². The van der Waals surface area contributed by atoms with Gasteiger partial charge in [-0.15, -0.1) is 0 Å². The lowest BCUT2D eigenvalue weighted by Gasteiger charge is -2.09. The minimum Gasteiger partial charge on any atom is -0.482 e. The van der Waals surface area contributed by atoms with Gasteiger partial charge in [-0.2, -0.15) is 0 Å². The minimum absolute atomic E-state index is 0.183. The van der Waals surface area contributed by atoms with Crippen molar-refractivity contribution in [3.8, 4) is 5.75 Å². The number of oxazole rings is 1. The number of aryl methyl sites for hydroxylation is 2. The molecule has 0 fully saturated rings. The first-order valence-corrected chi connectivity index (χ1v) is 8.55. The van der Waals surface area contributed by atoms with Gasteiger partial charge in [0, 0.05) is 11.6 Å². The number of hydrogen-bond acceptors (Lipinski definition) is 5. The molecule has 0 spiro atoms. The largest absolute Gasteiger partial charge is 0.482 e. The van der Waals surface area contributed by atoms with E-state index >= 15 is 0 Å². The van der Waals surface area contributed by atoms with Gasteiger partial charge in [-0.25, -0.2) is 9.59 Å². The second-order valence-electron chi connectivity index (χ2n) is 5.76. The molecule has 0 bridgehead atoms. The first kappa shape index (κ1) is 18.1. The van der Waals surface area contributed by atoms with E-state index in [1.807, 2.05) is 19.1 Å². The van der Waals surface area contributed by atoms with E-state index in [1.54, 1.807) is 30.3 Å². The Labute approximate surface area is 154 Å². The molecule has 0 atom stereocenters. The van der Waals surface area contributed by atoms with Crippen LogP contribution >= 0.6 is 11.6 Å². The standard InChI is InChI=1S/C19H18ClNO5/c1-13-11-14(20)7-8-16(13)25-12-18(22)24-10-4-9-21-15-5-2-3-6-17(15)26-19(21)23/h2-3,5-8,11H,4,9-10,12H2,1H3. The van der Waals surface area contributed by atoms with E-state index in [4.69, 9.17) is 25.5 Å². The number of hydrogen-bond donors (Lipinski definition) is 0. The molecule has 0 unspecified atom stereocenters. The summed E-state index contributed by atoms with van der Waals surface area (Å²) in [7, 11) is 0. The van der Waals surface area contributed by atoms with Crippen LogP contribution < -0.4 is 10.5 Å². The van der Waals surface area contributed by atoms with E-state index in [1.165, 1.54) is 4.57 Å². The number of benzene rings is 2. The Balaban J connectivity index is 1.45. The van der Waals surface area contributed by atoms with E-state index in [9.17, 15) is 9.59 Å². The number of fused-ring (bicyclic) bond motifs is 1. The average Bonchev–Trinajstić information content (AvgIpc) is 2.93. The number of aromatic nitrogens is 1. The van der Waals surface area contributed by atoms with Crippen molar-refractivity contribution in [1.82, 2.24) is 4.57 Å². The van der Waals surface area contributed by atoms with Crippen molar-refractivity contribution >= 4 is 28.7 Å². The number of esters is 1. The van der Waals surface area contributed by atoms with Crippen LogP contribution in [0.1, 0.15) is 12.0 Å². The van der Waals surface area contributed by atoms with Gasteiger partial charge in [0.2, 0.25) is 0 Å². The van der Waals surface area contributed by atoms with E-state index < -0.39 is 11.7 Å². The summed E-state index contributed by atoms with van der Waals surface area (Å²) in [5, 5.41) is 0.611. The van der Waals surface area contributed by atoms with Crippen molar-refractivity contribution in [1.29, 1.82) is 0 Å². The molecule has 2 aromatic carbocycles. The molecule has 0 aliphatic rings. The van der Waals surface area contributed by atoms with Crippen LogP contribution in [0.2, 0.25) is 5.02 Å². The van der Waals surface area contributed by atoms with Crippen molar-refractivity contribution < 1.29 is 18.7 Å². The molecule has 0 N–H and O–H groups in total. The molecule has 0 amide bonds. The lowest BCUT2D eigenvalue weighted by Crippen LogP contribution is -2.18. The Morgan fingerprint density at radius 1 is 1.23 bits per heavy atom. The highest BCUT2D eigenvalue weighted by Gasteiger charge is 2.09. The monoisotopic (exact) mass is 375 g/mol. The topological polar surface area (TPSA) is 70.7 Å². The van der Waals surface area contributed by atoms with Crippen molar-refractivity contribution in [2.75, 3.05) is 13.2 Å². The molecular formula is C19H18ClNO5. The number of carbonyl (C=O) groups is 1. The molecular weight excluding hydrogens is 358 g/mol. The molecule has 136 valence electrons. The van der Waals surface area contributed by atoms with E-state index in [0.717, 1.165) is 11.1 Å². The highest BCUT2D eigenvalue weighted by Crippen LogP contribution is 2.21. The first-order valence-electron chi connectivity index (χ1n) is 8.17. The zero-order valence-electron chi connectivity index (χ0n) is 14.2. The van der Waals surface area contributed by atoms with Gasteiger partial charge in [0.05, 0.1) is 12.1 Å². The van der Waals surface area contributed by atoms with Crippen molar-refractivity contribution in [2.24, 2.45) is 0 Å². The van der Waals surface area contributed by atoms with Gasteiger partial charge in [0.25, 0.3) is 0 Å². The van der Waals surface area contributed by atoms with Crippen LogP contribution in [-0.4, -0.2) is 23.8 Å². The highest BCUT2D eigenvalue weighted by molar-refractivity contribution is 6.30. The predicted molar refractivity (Wildman–Crippen MR) is 97.7 cm³/mol. The molecule has 3 rings (SSSR count). The van der Waals surface area contributed by atoms with Crippen LogP contribution in [0.15, 0.2) is 51.7 Å². The highest BCUT2D eigenvalue weighted by atomic mass is 35.5. The van der Waals surface area contributed by atoms with E-state index in [2.05, 4.69) is 0 Å². The Bertz CT molecular complexity index is 975. The van der Waals surface area contributed by atoms with Crippen LogP contribution in [-0.2, 0) is 16.1 Å². The van der Waals surface area contributed by atoms with Crippen LogP contribution in [0.5, 0.6) is 5.75 Å². The summed E-state index contributed by atoms with van der Waals surface area (Å²) in [6.45, 7) is 2.25. The van der Waals surface area contributed by atoms with Gasteiger partial charge in [0.15, 0.2) is 12.2 Å². The van der Waals surface area contributed by atoms with Gasteiger partial charge >= 0.3 is 11.7 Å². The molecule has 0 saturated carbocycles. The van der Waals surface area contributed by atoms with Gasteiger partial charge < -0.3 is 13.9 Å². The lowest BCUT2D eigenvalue weighted by atomic mass is 10.2. The number of ether oxygens (including phenoxy) is 2. The molecule has 1 aromatic heterocycles. The van der Waals surface area contributed by atoms with Crippen LogP contribution in [0, 0.1) is 6.92 Å². The maximum Gasteiger partial charge on any atom is 0.419 e. The minimum atomic E-state index is -0.469. The maximum absolute atomic E-state index is 11.8. The van der Waals surface area contributed by atoms with Gasteiger partial charge in [0.1, 0.15) is 5.75 Å². The summed E-state index contributed by atoms with van der Waals surface area (Å²) in [5.41, 5.74) is 2.11. The molecule has 0 aliphatic carbocycles. The fourth-order valence-electron chi connectivity index (χ4n) is 2.59. The van der Waals surface area contributed by atoms with Crippen molar-refractivity contribution in [2.45, 2.75) is 19.9 Å². The summed E-state index contributed by atoms with van der Waals surface area (Å²) in [4.78, 5) is 23.6. The van der Waals surface area contributed by atoms with Gasteiger partial charge in [-0.1, -0.05) is 23.7 Å². The molecule has 0 saturated heterocycles. The number of halogens is 1. The molecule has 1 heterocycles. The predicted octanol–water partition coefficient (Wildman–Crippen LogP) is 3.57. The summed E-state index contributed by atoms with van der Waals surface area (Å²) < 4.78 is 17.3. The van der Waals surface area contributed by atoms with Crippen molar-refractivity contribution in [3.05, 3.63) is 63.6 Å². The Hall–Kier alpha value is -2.73. The first-order chi connectivity index (χ1) is 12.5. The second kappa shape index (κ2) is 8.10. The Kier molecular flexibility index (Phi) is 5.63. The van der Waals surface area contributed by atoms with Gasteiger partial charge in [-0.3, -0.25) is 4.57 Å². The third kappa shape index (κ3) is 4.26. The quantitative estimate of drug-likeness (QED) is 0.466. The molecule has 0 radical (unpaired) electrons. The number of rotatable bonds is 7. The summed E-state index contributed by atoms with van der Waals surface area (Å²) >= 11 is 5.88.